The van der Waals surface area contributed by atoms with Crippen molar-refractivity contribution >= 4 is 5.97 Å². The molecule has 2 aromatic heterocycles. The lowest BCUT2D eigenvalue weighted by Crippen LogP contribution is -2.45. The fourth-order valence-electron chi connectivity index (χ4n) is 4.72. The molecule has 0 saturated carbocycles. The molecule has 1 saturated heterocycles. The summed E-state index contributed by atoms with van der Waals surface area (Å²) in [6.45, 7) is 9.43. The summed E-state index contributed by atoms with van der Waals surface area (Å²) < 4.78 is 6.87. The van der Waals surface area contributed by atoms with Crippen molar-refractivity contribution in [1.29, 1.82) is 5.26 Å². The van der Waals surface area contributed by atoms with Crippen LogP contribution in [0.5, 0.6) is 0 Å². The number of cyclic esters (lactones) is 1. The Morgan fingerprint density at radius 3 is 2.94 bits per heavy atom. The second-order valence-electron chi connectivity index (χ2n) is 8.65. The summed E-state index contributed by atoms with van der Waals surface area (Å²) in [5.41, 5.74) is 7.03. The summed E-state index contributed by atoms with van der Waals surface area (Å²) in [5.74, 6) is 0.426. The number of nitrogens with one attached hydrogen (secondary N) is 1. The number of pyridine rings is 1. The highest BCUT2D eigenvalue weighted by Gasteiger charge is 2.28. The summed E-state index contributed by atoms with van der Waals surface area (Å²) in [5, 5.41) is 21.5. The highest BCUT2D eigenvalue weighted by atomic mass is 16.5. The van der Waals surface area contributed by atoms with Gasteiger partial charge < -0.3 is 10.1 Å². The predicted octanol–water partition coefficient (Wildman–Crippen LogP) is 2.28. The van der Waals surface area contributed by atoms with Crippen LogP contribution < -0.4 is 5.32 Å². The van der Waals surface area contributed by atoms with E-state index in [2.05, 4.69) is 38.5 Å². The van der Waals surface area contributed by atoms with Crippen molar-refractivity contribution in [2.75, 3.05) is 19.6 Å². The first-order chi connectivity index (χ1) is 15.9. The topological polar surface area (TPSA) is 109 Å². The molecule has 0 unspecified atom stereocenters. The average Bonchev–Trinajstić information content (AvgIpc) is 3.41. The Labute approximate surface area is 192 Å². The first-order valence-electron chi connectivity index (χ1n) is 11.0. The number of hydrogen-bond donors (Lipinski definition) is 1. The van der Waals surface area contributed by atoms with Gasteiger partial charge in [-0.05, 0) is 49.6 Å². The molecule has 1 fully saturated rings. The van der Waals surface area contributed by atoms with E-state index in [4.69, 9.17) is 4.74 Å². The number of fused-ring (bicyclic) bond motifs is 1. The molecule has 9 nitrogen and oxygen atoms in total. The van der Waals surface area contributed by atoms with Gasteiger partial charge in [-0.3, -0.25) is 4.90 Å². The Morgan fingerprint density at radius 1 is 1.30 bits per heavy atom. The lowest BCUT2D eigenvalue weighted by atomic mass is 9.93. The SMILES string of the molecule is Cc1cc(-n2cc(CN3CCN[C@H](c4ccc5c(c4C)COC5=O)C3)nn2)nc(C)c1C#N. The molecule has 9 heteroatoms. The molecule has 2 aliphatic rings. The maximum atomic E-state index is 11.9. The molecule has 0 aliphatic carbocycles. The molecule has 3 aromatic rings. The van der Waals surface area contributed by atoms with Gasteiger partial charge in [0, 0.05) is 37.8 Å². The minimum Gasteiger partial charge on any atom is -0.457 e. The number of carbonyl (C=O) groups excluding carboxylic acids is 1. The third-order valence-corrected chi connectivity index (χ3v) is 6.50. The van der Waals surface area contributed by atoms with E-state index in [1.165, 1.54) is 5.56 Å². The first kappa shape index (κ1) is 21.2. The van der Waals surface area contributed by atoms with Gasteiger partial charge in [-0.15, -0.1) is 5.10 Å². The number of benzene rings is 1. The van der Waals surface area contributed by atoms with Gasteiger partial charge in [-0.2, -0.15) is 5.26 Å². The van der Waals surface area contributed by atoms with E-state index in [-0.39, 0.29) is 12.0 Å². The third-order valence-electron chi connectivity index (χ3n) is 6.50. The van der Waals surface area contributed by atoms with Crippen LogP contribution in [0.4, 0.5) is 0 Å². The molecule has 4 heterocycles. The number of esters is 1. The molecule has 0 radical (unpaired) electrons. The Kier molecular flexibility index (Phi) is 5.40. The first-order valence-corrected chi connectivity index (χ1v) is 11.0. The number of piperazine rings is 1. The number of nitriles is 1. The lowest BCUT2D eigenvalue weighted by Gasteiger charge is -2.34. The highest BCUT2D eigenvalue weighted by molar-refractivity contribution is 5.94. The Bertz CT molecular complexity index is 1270. The molecule has 168 valence electrons. The van der Waals surface area contributed by atoms with E-state index >= 15 is 0 Å². The maximum absolute atomic E-state index is 11.9. The monoisotopic (exact) mass is 443 g/mol. The summed E-state index contributed by atoms with van der Waals surface area (Å²) in [6, 6.07) is 8.14. The van der Waals surface area contributed by atoms with Crippen molar-refractivity contribution in [2.45, 2.75) is 40.0 Å². The number of ether oxygens (including phenoxy) is 1. The van der Waals surface area contributed by atoms with Crippen LogP contribution in [0.3, 0.4) is 0 Å². The van der Waals surface area contributed by atoms with Gasteiger partial charge >= 0.3 is 5.97 Å². The quantitative estimate of drug-likeness (QED) is 0.612. The van der Waals surface area contributed by atoms with Crippen molar-refractivity contribution < 1.29 is 9.53 Å². The molecule has 1 atom stereocenters. The van der Waals surface area contributed by atoms with Crippen molar-refractivity contribution in [1.82, 2.24) is 30.2 Å². The number of nitrogens with zero attached hydrogens (tertiary/aromatic N) is 6. The standard InChI is InChI=1S/C24H25N7O2/c1-14-8-23(27-16(3)20(14)9-25)31-11-17(28-29-31)10-30-7-6-26-22(12-30)18-4-5-19-21(15(18)2)13-33-24(19)32/h4-5,8,11,22,26H,6-7,10,12-13H2,1-3H3/t22-/m0/s1. The maximum Gasteiger partial charge on any atom is 0.338 e. The van der Waals surface area contributed by atoms with Crippen LogP contribution in [0.2, 0.25) is 0 Å². The molecule has 0 bridgehead atoms. The van der Waals surface area contributed by atoms with Gasteiger partial charge in [0.2, 0.25) is 0 Å². The van der Waals surface area contributed by atoms with Crippen LogP contribution in [0.25, 0.3) is 5.82 Å². The molecule has 1 aromatic carbocycles. The summed E-state index contributed by atoms with van der Waals surface area (Å²) in [6.07, 6.45) is 1.90. The highest BCUT2D eigenvalue weighted by Crippen LogP contribution is 2.30. The number of aryl methyl sites for hydroxylation is 2. The second kappa shape index (κ2) is 8.39. The number of aromatic nitrogens is 4. The minimum atomic E-state index is -0.233. The van der Waals surface area contributed by atoms with E-state index in [9.17, 15) is 10.1 Å². The van der Waals surface area contributed by atoms with Crippen molar-refractivity contribution in [3.05, 3.63) is 69.2 Å². The van der Waals surface area contributed by atoms with Gasteiger partial charge in [-0.1, -0.05) is 11.3 Å². The zero-order valence-corrected chi connectivity index (χ0v) is 18.9. The minimum absolute atomic E-state index is 0.167. The number of hydrogen-bond acceptors (Lipinski definition) is 8. The zero-order valence-electron chi connectivity index (χ0n) is 18.9. The van der Waals surface area contributed by atoms with Crippen molar-refractivity contribution in [3.8, 4) is 11.9 Å². The Balaban J connectivity index is 1.31. The molecule has 0 spiro atoms. The summed E-state index contributed by atoms with van der Waals surface area (Å²) in [4.78, 5) is 18.7. The van der Waals surface area contributed by atoms with Gasteiger partial charge in [0.1, 0.15) is 12.7 Å². The van der Waals surface area contributed by atoms with E-state index in [1.54, 1.807) is 4.68 Å². The van der Waals surface area contributed by atoms with Crippen molar-refractivity contribution in [2.24, 2.45) is 0 Å². The van der Waals surface area contributed by atoms with Gasteiger partial charge in [-0.25, -0.2) is 14.5 Å². The third kappa shape index (κ3) is 3.88. The van der Waals surface area contributed by atoms with Crippen molar-refractivity contribution in [3.63, 3.8) is 0 Å². The fraction of sp³-hybridized carbons (Fsp3) is 0.375. The molecule has 1 N–H and O–H groups in total. The van der Waals surface area contributed by atoms with Gasteiger partial charge in [0.05, 0.1) is 28.7 Å². The zero-order chi connectivity index (χ0) is 23.1. The Hall–Kier alpha value is -3.61. The molecule has 0 amide bonds. The largest absolute Gasteiger partial charge is 0.457 e. The van der Waals surface area contributed by atoms with Crippen LogP contribution in [0.15, 0.2) is 24.4 Å². The molecule has 2 aliphatic heterocycles. The van der Waals surface area contributed by atoms with Crippen LogP contribution in [0, 0.1) is 32.1 Å². The smallest absolute Gasteiger partial charge is 0.338 e. The van der Waals surface area contributed by atoms with E-state index in [1.807, 2.05) is 38.2 Å². The second-order valence-corrected chi connectivity index (χ2v) is 8.65. The number of rotatable bonds is 4. The Morgan fingerprint density at radius 2 is 2.15 bits per heavy atom. The van der Waals surface area contributed by atoms with Gasteiger partial charge in [0.15, 0.2) is 5.82 Å². The molecular formula is C24H25N7O2. The van der Waals surface area contributed by atoms with E-state index < -0.39 is 0 Å². The predicted molar refractivity (Wildman–Crippen MR) is 120 cm³/mol. The van der Waals surface area contributed by atoms with Crippen LogP contribution in [-0.4, -0.2) is 50.5 Å². The van der Waals surface area contributed by atoms with Crippen LogP contribution in [0.1, 0.15) is 55.6 Å². The lowest BCUT2D eigenvalue weighted by molar-refractivity contribution is 0.0535. The van der Waals surface area contributed by atoms with Gasteiger partial charge in [0.25, 0.3) is 0 Å². The summed E-state index contributed by atoms with van der Waals surface area (Å²) in [7, 11) is 0. The summed E-state index contributed by atoms with van der Waals surface area (Å²) >= 11 is 0. The normalized spacial score (nSPS) is 18.1. The van der Waals surface area contributed by atoms with E-state index in [0.29, 0.717) is 35.8 Å². The molecule has 5 rings (SSSR count). The average molecular weight is 444 g/mol. The number of carbonyl (C=O) groups is 1. The fourth-order valence-corrected chi connectivity index (χ4v) is 4.72. The van der Waals surface area contributed by atoms with Crippen LogP contribution >= 0.6 is 0 Å². The van der Waals surface area contributed by atoms with E-state index in [0.717, 1.165) is 42.0 Å². The molecular weight excluding hydrogens is 418 g/mol. The molecule has 33 heavy (non-hydrogen) atoms. The van der Waals surface area contributed by atoms with Crippen LogP contribution in [-0.2, 0) is 17.9 Å².